The fourth-order valence-corrected chi connectivity index (χ4v) is 2.75. The molecule has 0 aliphatic rings. The summed E-state index contributed by atoms with van der Waals surface area (Å²) in [6.45, 7) is 1.79. The molecule has 0 saturated heterocycles. The van der Waals surface area contributed by atoms with Crippen LogP contribution in [0, 0.1) is 0 Å². The van der Waals surface area contributed by atoms with E-state index in [1.807, 2.05) is 30.3 Å². The van der Waals surface area contributed by atoms with Gasteiger partial charge in [-0.1, -0.05) is 12.1 Å². The summed E-state index contributed by atoms with van der Waals surface area (Å²) in [6, 6.07) is 14.5. The van der Waals surface area contributed by atoms with E-state index < -0.39 is 5.91 Å². The number of hydrogen-bond donors (Lipinski definition) is 2. The molecule has 1 aromatic heterocycles. The van der Waals surface area contributed by atoms with Crippen LogP contribution < -0.4 is 19.6 Å². The average molecular weight is 394 g/mol. The van der Waals surface area contributed by atoms with Crippen LogP contribution in [-0.2, 0) is 0 Å². The molecule has 2 N–H and O–H groups in total. The van der Waals surface area contributed by atoms with Crippen molar-refractivity contribution in [1.29, 1.82) is 0 Å². The van der Waals surface area contributed by atoms with Crippen LogP contribution in [0.4, 0.5) is 0 Å². The van der Waals surface area contributed by atoms with E-state index in [9.17, 15) is 4.79 Å². The first kappa shape index (κ1) is 19.9. The number of hydrogen-bond acceptors (Lipinski definition) is 6. The zero-order valence-electron chi connectivity index (χ0n) is 16.6. The Morgan fingerprint density at radius 1 is 0.966 bits per heavy atom. The Morgan fingerprint density at radius 3 is 2.41 bits per heavy atom. The van der Waals surface area contributed by atoms with Crippen LogP contribution >= 0.6 is 0 Å². The second kappa shape index (κ2) is 8.92. The minimum Gasteiger partial charge on any atom is -0.496 e. The molecule has 0 atom stereocenters. The van der Waals surface area contributed by atoms with Gasteiger partial charge in [0.1, 0.15) is 11.4 Å². The Bertz CT molecular complexity index is 1040. The van der Waals surface area contributed by atoms with E-state index in [2.05, 4.69) is 20.7 Å². The van der Waals surface area contributed by atoms with Gasteiger partial charge in [-0.15, -0.1) is 0 Å². The van der Waals surface area contributed by atoms with Crippen LogP contribution in [0.1, 0.15) is 23.0 Å². The largest absolute Gasteiger partial charge is 0.496 e. The van der Waals surface area contributed by atoms with Gasteiger partial charge in [0.2, 0.25) is 0 Å². The Morgan fingerprint density at radius 2 is 1.69 bits per heavy atom. The van der Waals surface area contributed by atoms with Crippen LogP contribution in [0.5, 0.6) is 17.2 Å². The molecule has 3 rings (SSSR count). The van der Waals surface area contributed by atoms with E-state index in [-0.39, 0.29) is 5.69 Å². The molecule has 3 aromatic rings. The minimum atomic E-state index is -0.404. The lowest BCUT2D eigenvalue weighted by molar-refractivity contribution is 0.0950. The molecule has 0 spiro atoms. The maximum Gasteiger partial charge on any atom is 0.289 e. The summed E-state index contributed by atoms with van der Waals surface area (Å²) in [5.74, 6) is 1.47. The molecule has 0 unspecified atom stereocenters. The van der Waals surface area contributed by atoms with Crippen molar-refractivity contribution in [1.82, 2.24) is 15.6 Å². The van der Waals surface area contributed by atoms with Crippen LogP contribution in [0.3, 0.4) is 0 Å². The van der Waals surface area contributed by atoms with E-state index >= 15 is 0 Å². The number of H-pyrrole nitrogens is 1. The van der Waals surface area contributed by atoms with Gasteiger partial charge in [-0.25, -0.2) is 5.43 Å². The van der Waals surface area contributed by atoms with Crippen molar-refractivity contribution in [3.8, 4) is 28.5 Å². The first-order valence-electron chi connectivity index (χ1n) is 8.83. The highest BCUT2D eigenvalue weighted by Gasteiger charge is 2.14. The highest BCUT2D eigenvalue weighted by molar-refractivity contribution is 6.01. The Labute approximate surface area is 168 Å². The number of amides is 1. The molecule has 0 aliphatic heterocycles. The second-order valence-corrected chi connectivity index (χ2v) is 6.08. The van der Waals surface area contributed by atoms with Gasteiger partial charge in [0.25, 0.3) is 5.91 Å². The minimum absolute atomic E-state index is 0.287. The van der Waals surface area contributed by atoms with Gasteiger partial charge in [0, 0.05) is 11.1 Å². The third kappa shape index (κ3) is 4.37. The molecule has 0 aliphatic carbocycles. The number of rotatable bonds is 7. The molecule has 1 heterocycles. The number of nitrogens with one attached hydrogen (secondary N) is 2. The number of methoxy groups -OCH3 is 3. The maximum atomic E-state index is 12.4. The number of hydrazone groups is 1. The number of ether oxygens (including phenoxy) is 3. The van der Waals surface area contributed by atoms with Gasteiger partial charge in [0.05, 0.1) is 32.7 Å². The number of aromatic amines is 1. The third-order valence-electron chi connectivity index (χ3n) is 4.33. The van der Waals surface area contributed by atoms with Gasteiger partial charge in [-0.3, -0.25) is 9.89 Å². The topological polar surface area (TPSA) is 97.8 Å². The molecule has 2 aromatic carbocycles. The Kier molecular flexibility index (Phi) is 6.13. The highest BCUT2D eigenvalue weighted by atomic mass is 16.5. The lowest BCUT2D eigenvalue weighted by Gasteiger charge is -2.09. The van der Waals surface area contributed by atoms with Crippen molar-refractivity contribution in [2.24, 2.45) is 5.10 Å². The molecule has 8 nitrogen and oxygen atoms in total. The number of aromatic nitrogens is 2. The summed E-state index contributed by atoms with van der Waals surface area (Å²) < 4.78 is 15.9. The molecule has 8 heteroatoms. The summed E-state index contributed by atoms with van der Waals surface area (Å²) in [5, 5.41) is 11.1. The number of carbonyl (C=O) groups excluding carboxylic acids is 1. The van der Waals surface area contributed by atoms with Gasteiger partial charge < -0.3 is 14.2 Å². The van der Waals surface area contributed by atoms with Crippen molar-refractivity contribution in [2.45, 2.75) is 6.92 Å². The first-order chi connectivity index (χ1) is 14.1. The van der Waals surface area contributed by atoms with Gasteiger partial charge >= 0.3 is 0 Å². The standard InChI is InChI=1S/C21H22N4O4/c1-13(14-9-10-19(28-3)20(11-14)29-4)22-25-21(26)17-12-16(23-24-17)15-7-5-6-8-18(15)27-2/h5-12H,1-4H3,(H,23,24)(H,25,26)/b22-13-. The molecule has 0 bridgehead atoms. The smallest absolute Gasteiger partial charge is 0.289 e. The molecular formula is C21H22N4O4. The number of benzene rings is 2. The van der Waals surface area contributed by atoms with Crippen molar-refractivity contribution in [3.63, 3.8) is 0 Å². The Hall–Kier alpha value is -3.81. The lowest BCUT2D eigenvalue weighted by atomic mass is 10.1. The molecular weight excluding hydrogens is 372 g/mol. The van der Waals surface area contributed by atoms with Crippen LogP contribution in [0.15, 0.2) is 53.6 Å². The van der Waals surface area contributed by atoms with Crippen molar-refractivity contribution in [3.05, 3.63) is 59.8 Å². The molecule has 29 heavy (non-hydrogen) atoms. The highest BCUT2D eigenvalue weighted by Crippen LogP contribution is 2.29. The SMILES string of the molecule is COc1ccc(/C(C)=N\NC(=O)c2cc(-c3ccccc3OC)n[nH]2)cc1OC. The average Bonchev–Trinajstić information content (AvgIpc) is 3.26. The summed E-state index contributed by atoms with van der Waals surface area (Å²) in [6.07, 6.45) is 0. The zero-order chi connectivity index (χ0) is 20.8. The monoisotopic (exact) mass is 394 g/mol. The summed E-state index contributed by atoms with van der Waals surface area (Å²) in [7, 11) is 4.72. The van der Waals surface area contributed by atoms with Crippen molar-refractivity contribution >= 4 is 11.6 Å². The molecule has 0 fully saturated rings. The van der Waals surface area contributed by atoms with Crippen LogP contribution in [0.25, 0.3) is 11.3 Å². The lowest BCUT2D eigenvalue weighted by Crippen LogP contribution is -2.19. The van der Waals surface area contributed by atoms with Gasteiger partial charge in [0.15, 0.2) is 11.5 Å². The van der Waals surface area contributed by atoms with E-state index in [0.29, 0.717) is 28.7 Å². The third-order valence-corrected chi connectivity index (χ3v) is 4.33. The normalized spacial score (nSPS) is 11.1. The fraction of sp³-hybridized carbons (Fsp3) is 0.190. The van der Waals surface area contributed by atoms with E-state index in [1.54, 1.807) is 46.5 Å². The second-order valence-electron chi connectivity index (χ2n) is 6.08. The predicted molar refractivity (Wildman–Crippen MR) is 110 cm³/mol. The van der Waals surface area contributed by atoms with Crippen molar-refractivity contribution in [2.75, 3.05) is 21.3 Å². The Balaban J connectivity index is 1.75. The quantitative estimate of drug-likeness (QED) is 0.473. The van der Waals surface area contributed by atoms with Crippen molar-refractivity contribution < 1.29 is 19.0 Å². The fourth-order valence-electron chi connectivity index (χ4n) is 2.75. The van der Waals surface area contributed by atoms with Crippen LogP contribution in [0.2, 0.25) is 0 Å². The number of para-hydroxylation sites is 1. The van der Waals surface area contributed by atoms with Crippen LogP contribution in [-0.4, -0.2) is 43.1 Å². The number of nitrogens with zero attached hydrogens (tertiary/aromatic N) is 2. The summed E-state index contributed by atoms with van der Waals surface area (Å²) in [5.41, 5.74) is 5.62. The summed E-state index contributed by atoms with van der Waals surface area (Å²) in [4.78, 5) is 12.4. The van der Waals surface area contributed by atoms with Gasteiger partial charge in [-0.05, 0) is 43.3 Å². The van der Waals surface area contributed by atoms with E-state index in [1.165, 1.54) is 0 Å². The molecule has 0 saturated carbocycles. The van der Waals surface area contributed by atoms with Gasteiger partial charge in [-0.2, -0.15) is 10.2 Å². The first-order valence-corrected chi connectivity index (χ1v) is 8.83. The van der Waals surface area contributed by atoms with E-state index in [0.717, 1.165) is 11.1 Å². The predicted octanol–water partition coefficient (Wildman–Crippen LogP) is 3.26. The number of carbonyl (C=O) groups is 1. The molecule has 0 radical (unpaired) electrons. The van der Waals surface area contributed by atoms with E-state index in [4.69, 9.17) is 14.2 Å². The molecule has 1 amide bonds. The molecule has 150 valence electrons. The zero-order valence-corrected chi connectivity index (χ0v) is 16.6. The summed E-state index contributed by atoms with van der Waals surface area (Å²) >= 11 is 0. The maximum absolute atomic E-state index is 12.4.